The number of hydrogen-bond donors (Lipinski definition) is 0. The number of benzene rings is 1. The third kappa shape index (κ3) is 9.94. The normalized spacial score (nSPS) is 17.1. The van der Waals surface area contributed by atoms with E-state index in [2.05, 4.69) is 33.8 Å². The molecule has 1 aliphatic carbocycles. The highest BCUT2D eigenvalue weighted by Gasteiger charge is 2.32. The van der Waals surface area contributed by atoms with Crippen LogP contribution in [0.1, 0.15) is 121 Å². The summed E-state index contributed by atoms with van der Waals surface area (Å²) in [5, 5.41) is 0. The fourth-order valence-corrected chi connectivity index (χ4v) is 5.31. The van der Waals surface area contributed by atoms with Crippen molar-refractivity contribution in [3.63, 3.8) is 0 Å². The maximum atomic E-state index is 12.7. The molecular weight excluding hydrogens is 408 g/mol. The lowest BCUT2D eigenvalue weighted by atomic mass is 9.72. The molecule has 0 fully saturated rings. The van der Waals surface area contributed by atoms with Gasteiger partial charge in [0.1, 0.15) is 11.6 Å². The highest BCUT2D eigenvalue weighted by molar-refractivity contribution is 6.00. The predicted molar refractivity (Wildman–Crippen MR) is 139 cm³/mol. The average molecular weight is 457 g/mol. The van der Waals surface area contributed by atoms with Crippen molar-refractivity contribution >= 4 is 17.3 Å². The van der Waals surface area contributed by atoms with Crippen molar-refractivity contribution in [1.82, 2.24) is 0 Å². The zero-order valence-corrected chi connectivity index (χ0v) is 22.3. The highest BCUT2D eigenvalue weighted by atomic mass is 16.1. The highest BCUT2D eigenvalue weighted by Crippen LogP contribution is 2.36. The Kier molecular flexibility index (Phi) is 13.5. The van der Waals surface area contributed by atoms with Gasteiger partial charge in [-0.1, -0.05) is 84.9 Å². The molecule has 1 aromatic carbocycles. The minimum Gasteiger partial charge on any atom is -0.300 e. The molecule has 3 unspecified atom stereocenters. The smallest absolute Gasteiger partial charge is 0.163 e. The zero-order chi connectivity index (χ0) is 25.0. The average Bonchev–Trinajstić information content (AvgIpc) is 2.72. The Bertz CT molecular complexity index is 762. The van der Waals surface area contributed by atoms with Gasteiger partial charge < -0.3 is 0 Å². The van der Waals surface area contributed by atoms with Gasteiger partial charge in [0.05, 0.1) is 6.42 Å². The van der Waals surface area contributed by atoms with E-state index >= 15 is 0 Å². The van der Waals surface area contributed by atoms with Crippen LogP contribution in [0.2, 0.25) is 0 Å². The van der Waals surface area contributed by atoms with Gasteiger partial charge >= 0.3 is 0 Å². The maximum absolute atomic E-state index is 12.7. The number of fused-ring (bicyclic) bond motifs is 1. The first-order chi connectivity index (χ1) is 15.6. The molecule has 0 bridgehead atoms. The fourth-order valence-electron chi connectivity index (χ4n) is 5.31. The molecule has 0 spiro atoms. The number of rotatable bonds is 12. The molecule has 3 nitrogen and oxygen atoms in total. The van der Waals surface area contributed by atoms with Crippen molar-refractivity contribution in [2.75, 3.05) is 0 Å². The molecule has 186 valence electrons. The molecule has 0 heterocycles. The summed E-state index contributed by atoms with van der Waals surface area (Å²) in [5.41, 5.74) is 3.14. The van der Waals surface area contributed by atoms with Gasteiger partial charge in [-0.25, -0.2) is 0 Å². The largest absolute Gasteiger partial charge is 0.300 e. The summed E-state index contributed by atoms with van der Waals surface area (Å²) in [7, 11) is 0. The van der Waals surface area contributed by atoms with Crippen molar-refractivity contribution in [3.8, 4) is 0 Å². The lowest BCUT2D eigenvalue weighted by Crippen LogP contribution is -2.29. The first-order valence-electron chi connectivity index (χ1n) is 13.3. The van der Waals surface area contributed by atoms with Gasteiger partial charge in [-0.2, -0.15) is 0 Å². The van der Waals surface area contributed by atoms with E-state index in [4.69, 9.17) is 0 Å². The van der Waals surface area contributed by atoms with E-state index in [1.165, 1.54) is 26.2 Å². The Balaban J connectivity index is 0.000000675. The summed E-state index contributed by atoms with van der Waals surface area (Å²) in [6.07, 6.45) is 9.35. The van der Waals surface area contributed by atoms with E-state index in [0.29, 0.717) is 12.3 Å². The summed E-state index contributed by atoms with van der Waals surface area (Å²) in [6, 6.07) is 6.10. The molecule has 0 aliphatic heterocycles. The van der Waals surface area contributed by atoms with Crippen LogP contribution in [0, 0.1) is 30.6 Å². The number of hydrogen-bond acceptors (Lipinski definition) is 3. The Morgan fingerprint density at radius 2 is 1.73 bits per heavy atom. The molecule has 1 aromatic rings. The Morgan fingerprint density at radius 1 is 1.03 bits per heavy atom. The molecule has 0 saturated carbocycles. The minimum absolute atomic E-state index is 0.0460. The van der Waals surface area contributed by atoms with Crippen molar-refractivity contribution in [2.45, 2.75) is 113 Å². The first kappa shape index (κ1) is 29.3. The summed E-state index contributed by atoms with van der Waals surface area (Å²) in [4.78, 5) is 36.6. The second kappa shape index (κ2) is 15.2. The van der Waals surface area contributed by atoms with Crippen LogP contribution in [0.3, 0.4) is 0 Å². The zero-order valence-electron chi connectivity index (χ0n) is 22.3. The summed E-state index contributed by atoms with van der Waals surface area (Å²) in [5.74, 6) is 1.67. The van der Waals surface area contributed by atoms with E-state index in [1.54, 1.807) is 0 Å². The van der Waals surface area contributed by atoms with Gasteiger partial charge in [-0.05, 0) is 62.0 Å². The van der Waals surface area contributed by atoms with E-state index in [-0.39, 0.29) is 35.6 Å². The van der Waals surface area contributed by atoms with Gasteiger partial charge in [-0.15, -0.1) is 0 Å². The molecule has 2 rings (SSSR count). The van der Waals surface area contributed by atoms with Crippen molar-refractivity contribution < 1.29 is 14.4 Å². The van der Waals surface area contributed by atoms with Crippen LogP contribution in [0.5, 0.6) is 0 Å². The van der Waals surface area contributed by atoms with Crippen LogP contribution in [0.4, 0.5) is 0 Å². The van der Waals surface area contributed by atoms with Crippen LogP contribution < -0.4 is 0 Å². The van der Waals surface area contributed by atoms with Gasteiger partial charge in [0.15, 0.2) is 5.78 Å². The van der Waals surface area contributed by atoms with Crippen molar-refractivity contribution in [2.24, 2.45) is 23.7 Å². The maximum Gasteiger partial charge on any atom is 0.163 e. The Hall–Kier alpha value is -1.77. The van der Waals surface area contributed by atoms with Gasteiger partial charge in [0.2, 0.25) is 0 Å². The van der Waals surface area contributed by atoms with E-state index in [9.17, 15) is 14.4 Å². The molecule has 0 N–H and O–H groups in total. The van der Waals surface area contributed by atoms with E-state index < -0.39 is 0 Å². The molecule has 0 radical (unpaired) electrons. The molecular formula is C30H48O3. The number of aryl methyl sites for hydroxylation is 1. The fraction of sp³-hybridized carbons (Fsp3) is 0.700. The van der Waals surface area contributed by atoms with Crippen LogP contribution in [-0.2, 0) is 16.0 Å². The summed E-state index contributed by atoms with van der Waals surface area (Å²) < 4.78 is 0. The molecule has 3 atom stereocenters. The predicted octanol–water partition coefficient (Wildman–Crippen LogP) is 7.95. The third-order valence-corrected chi connectivity index (χ3v) is 6.90. The van der Waals surface area contributed by atoms with Crippen LogP contribution in [0.15, 0.2) is 18.2 Å². The standard InChI is InChI=1S/C23H32O3.C7H16/c1-5-8-18(20(6-2)21(25)11-16(4)24)12-17-13-19-10-7-9-15(3)23(19)22(26)14-17;1-4-5-6-7(2)3/h7,9-10,17-18,20H,5-6,8,11-14H2,1-4H3;7H,4-6H2,1-3H3. The monoisotopic (exact) mass is 456 g/mol. The number of ketones is 3. The van der Waals surface area contributed by atoms with Crippen molar-refractivity contribution in [3.05, 3.63) is 34.9 Å². The summed E-state index contributed by atoms with van der Waals surface area (Å²) >= 11 is 0. The van der Waals surface area contributed by atoms with Crippen LogP contribution in [-0.4, -0.2) is 17.3 Å². The van der Waals surface area contributed by atoms with E-state index in [0.717, 1.165) is 54.7 Å². The SMILES string of the molecule is CCCC(CC1CC(=O)c2c(C)cccc2C1)C(CC)C(=O)CC(C)=O.CCCCC(C)C. The number of unbranched alkanes of at least 4 members (excludes halogenated alkanes) is 1. The van der Waals surface area contributed by atoms with Crippen molar-refractivity contribution in [1.29, 1.82) is 0 Å². The number of Topliss-reactive ketones (excluding diaryl/α,β-unsaturated/α-hetero) is 3. The quantitative estimate of drug-likeness (QED) is 0.300. The topological polar surface area (TPSA) is 51.2 Å². The van der Waals surface area contributed by atoms with E-state index in [1.807, 2.05) is 26.0 Å². The van der Waals surface area contributed by atoms with Gasteiger partial charge in [-0.3, -0.25) is 14.4 Å². The second-order valence-corrected chi connectivity index (χ2v) is 10.5. The second-order valence-electron chi connectivity index (χ2n) is 10.5. The minimum atomic E-state index is -0.0622. The van der Waals surface area contributed by atoms with Gasteiger partial charge in [0.25, 0.3) is 0 Å². The number of carbonyl (C=O) groups excluding carboxylic acids is 3. The Labute approximate surface area is 203 Å². The molecule has 0 saturated heterocycles. The molecule has 33 heavy (non-hydrogen) atoms. The molecule has 1 aliphatic rings. The molecule has 0 aromatic heterocycles. The summed E-state index contributed by atoms with van der Waals surface area (Å²) in [6.45, 7) is 14.5. The molecule has 0 amide bonds. The Morgan fingerprint density at radius 3 is 2.24 bits per heavy atom. The van der Waals surface area contributed by atoms with Crippen LogP contribution in [0.25, 0.3) is 0 Å². The first-order valence-corrected chi connectivity index (χ1v) is 13.3. The number of carbonyl (C=O) groups is 3. The lowest BCUT2D eigenvalue weighted by Gasteiger charge is -2.31. The lowest BCUT2D eigenvalue weighted by molar-refractivity contribution is -0.129. The molecule has 3 heteroatoms. The van der Waals surface area contributed by atoms with Gasteiger partial charge in [0, 0.05) is 17.9 Å². The van der Waals surface area contributed by atoms with Crippen LogP contribution >= 0.6 is 0 Å². The third-order valence-electron chi connectivity index (χ3n) is 6.90.